The minimum absolute atomic E-state index is 0.102. The van der Waals surface area contributed by atoms with Crippen molar-refractivity contribution in [1.82, 2.24) is 5.43 Å². The third-order valence-corrected chi connectivity index (χ3v) is 4.67. The lowest BCUT2D eigenvalue weighted by molar-refractivity contribution is 0.205. The number of hydrogen-bond acceptors (Lipinski definition) is 5. The zero-order chi connectivity index (χ0) is 18.8. The molecule has 1 atom stereocenters. The topological polar surface area (TPSA) is 78.1 Å². The van der Waals surface area contributed by atoms with E-state index in [9.17, 15) is 0 Å². The number of hydrazone groups is 1. The summed E-state index contributed by atoms with van der Waals surface area (Å²) >= 11 is 11.0. The predicted molar refractivity (Wildman–Crippen MR) is 108 cm³/mol. The monoisotopic (exact) mass is 403 g/mol. The smallest absolute Gasteiger partial charge is 0.184 e. The van der Waals surface area contributed by atoms with E-state index in [1.807, 2.05) is 30.3 Å². The predicted octanol–water partition coefficient (Wildman–Crippen LogP) is 3.56. The van der Waals surface area contributed by atoms with Gasteiger partial charge >= 0.3 is 0 Å². The Morgan fingerprint density at radius 3 is 2.70 bits per heavy atom. The van der Waals surface area contributed by atoms with E-state index < -0.39 is 0 Å². The zero-order valence-electron chi connectivity index (χ0n) is 14.4. The van der Waals surface area contributed by atoms with Gasteiger partial charge in [0.1, 0.15) is 11.9 Å². The first-order valence-electron chi connectivity index (χ1n) is 8.58. The summed E-state index contributed by atoms with van der Waals surface area (Å²) < 4.78 is 17.7. The van der Waals surface area contributed by atoms with E-state index >= 15 is 0 Å². The first-order chi connectivity index (χ1) is 13.1. The van der Waals surface area contributed by atoms with Gasteiger partial charge in [0.2, 0.25) is 0 Å². The van der Waals surface area contributed by atoms with Gasteiger partial charge in [0.05, 0.1) is 18.9 Å². The maximum Gasteiger partial charge on any atom is 0.184 e. The Morgan fingerprint density at radius 1 is 1.11 bits per heavy atom. The van der Waals surface area contributed by atoms with Gasteiger partial charge in [-0.3, -0.25) is 5.43 Å². The lowest BCUT2D eigenvalue weighted by atomic mass is 9.95. The van der Waals surface area contributed by atoms with Gasteiger partial charge in [0, 0.05) is 23.4 Å². The van der Waals surface area contributed by atoms with Crippen LogP contribution in [-0.2, 0) is 0 Å². The molecule has 2 aliphatic heterocycles. The van der Waals surface area contributed by atoms with Crippen molar-refractivity contribution in [3.8, 4) is 17.2 Å². The standard InChI is InChI=1S/C19H18ClN3O3S/c20-12-3-5-15-13(9-12)14(22-23-19(21)27)10-17(26-15)11-2-4-16-18(8-11)25-7-1-6-24-16/h2-5,8-9,17H,1,6-7,10H2,(H3,21,23,27)/t17-/m1/s1. The first-order valence-corrected chi connectivity index (χ1v) is 9.37. The van der Waals surface area contributed by atoms with Crippen LogP contribution >= 0.6 is 23.8 Å². The van der Waals surface area contributed by atoms with Gasteiger partial charge < -0.3 is 19.9 Å². The first kappa shape index (κ1) is 17.9. The van der Waals surface area contributed by atoms with Gasteiger partial charge in [-0.15, -0.1) is 0 Å². The molecular formula is C19H18ClN3O3S. The van der Waals surface area contributed by atoms with Crippen LogP contribution in [0.1, 0.15) is 30.1 Å². The lowest BCUT2D eigenvalue weighted by Crippen LogP contribution is -2.28. The Kier molecular flexibility index (Phi) is 5.05. The van der Waals surface area contributed by atoms with Crippen LogP contribution in [0.3, 0.4) is 0 Å². The molecule has 8 heteroatoms. The molecule has 0 amide bonds. The summed E-state index contributed by atoms with van der Waals surface area (Å²) in [5.41, 5.74) is 10.7. The number of nitrogens with two attached hydrogens (primary N) is 1. The highest BCUT2D eigenvalue weighted by molar-refractivity contribution is 7.80. The van der Waals surface area contributed by atoms with E-state index in [0.717, 1.165) is 34.8 Å². The van der Waals surface area contributed by atoms with Gasteiger partial charge in [0.15, 0.2) is 16.6 Å². The molecular weight excluding hydrogens is 386 g/mol. The molecule has 0 aliphatic carbocycles. The minimum Gasteiger partial charge on any atom is -0.490 e. The van der Waals surface area contributed by atoms with Crippen molar-refractivity contribution >= 4 is 34.6 Å². The number of nitrogens with zero attached hydrogens (tertiary/aromatic N) is 1. The highest BCUT2D eigenvalue weighted by Gasteiger charge is 2.28. The van der Waals surface area contributed by atoms with E-state index in [2.05, 4.69) is 10.5 Å². The third kappa shape index (κ3) is 3.94. The van der Waals surface area contributed by atoms with Crippen molar-refractivity contribution in [2.24, 2.45) is 10.8 Å². The maximum absolute atomic E-state index is 6.20. The van der Waals surface area contributed by atoms with Crippen LogP contribution in [-0.4, -0.2) is 24.0 Å². The number of ether oxygens (including phenoxy) is 3. The van der Waals surface area contributed by atoms with Gasteiger partial charge in [-0.25, -0.2) is 0 Å². The van der Waals surface area contributed by atoms with Crippen molar-refractivity contribution in [2.45, 2.75) is 18.9 Å². The fraction of sp³-hybridized carbons (Fsp3) is 0.263. The molecule has 2 aliphatic rings. The lowest BCUT2D eigenvalue weighted by Gasteiger charge is -2.28. The van der Waals surface area contributed by atoms with Gasteiger partial charge in [-0.1, -0.05) is 17.7 Å². The van der Waals surface area contributed by atoms with E-state index in [1.54, 1.807) is 6.07 Å². The fourth-order valence-electron chi connectivity index (χ4n) is 3.11. The van der Waals surface area contributed by atoms with Crippen LogP contribution in [0, 0.1) is 0 Å². The van der Waals surface area contributed by atoms with Gasteiger partial charge in [-0.2, -0.15) is 5.10 Å². The fourth-order valence-corrected chi connectivity index (χ4v) is 3.32. The molecule has 0 aromatic heterocycles. The van der Waals surface area contributed by atoms with Crippen LogP contribution < -0.4 is 25.4 Å². The Balaban J connectivity index is 1.68. The summed E-state index contributed by atoms with van der Waals surface area (Å²) in [7, 11) is 0. The minimum atomic E-state index is -0.234. The highest BCUT2D eigenvalue weighted by atomic mass is 35.5. The molecule has 4 rings (SSSR count). The normalized spacial score (nSPS) is 19.6. The Hall–Kier alpha value is -2.51. The average Bonchev–Trinajstić information content (AvgIpc) is 2.90. The summed E-state index contributed by atoms with van der Waals surface area (Å²) in [5, 5.41) is 5.06. The summed E-state index contributed by atoms with van der Waals surface area (Å²) in [4.78, 5) is 0. The summed E-state index contributed by atoms with van der Waals surface area (Å²) in [6.07, 6.45) is 1.16. The quantitative estimate of drug-likeness (QED) is 0.589. The molecule has 0 fully saturated rings. The molecule has 2 aromatic carbocycles. The van der Waals surface area contributed by atoms with Crippen LogP contribution in [0.15, 0.2) is 41.5 Å². The summed E-state index contributed by atoms with van der Waals surface area (Å²) in [5.74, 6) is 2.18. The van der Waals surface area contributed by atoms with Crippen LogP contribution in [0.2, 0.25) is 5.02 Å². The van der Waals surface area contributed by atoms with E-state index in [4.69, 9.17) is 43.8 Å². The van der Waals surface area contributed by atoms with Crippen molar-refractivity contribution < 1.29 is 14.2 Å². The maximum atomic E-state index is 6.20. The largest absolute Gasteiger partial charge is 0.490 e. The van der Waals surface area contributed by atoms with Crippen molar-refractivity contribution in [1.29, 1.82) is 0 Å². The second-order valence-corrected chi connectivity index (χ2v) is 7.12. The average molecular weight is 404 g/mol. The molecule has 0 spiro atoms. The number of benzene rings is 2. The van der Waals surface area contributed by atoms with Crippen molar-refractivity contribution in [2.75, 3.05) is 13.2 Å². The number of rotatable bonds is 2. The molecule has 0 radical (unpaired) electrons. The molecule has 0 saturated carbocycles. The molecule has 0 saturated heterocycles. The zero-order valence-corrected chi connectivity index (χ0v) is 16.0. The summed E-state index contributed by atoms with van der Waals surface area (Å²) in [6, 6.07) is 11.3. The Bertz CT molecular complexity index is 919. The Morgan fingerprint density at radius 2 is 1.89 bits per heavy atom. The molecule has 0 unspecified atom stereocenters. The van der Waals surface area contributed by atoms with E-state index in [-0.39, 0.29) is 11.2 Å². The number of hydrogen-bond donors (Lipinski definition) is 2. The van der Waals surface area contributed by atoms with Crippen LogP contribution in [0.5, 0.6) is 17.2 Å². The molecule has 3 N–H and O–H groups in total. The molecule has 2 aromatic rings. The van der Waals surface area contributed by atoms with Gasteiger partial charge in [0.25, 0.3) is 0 Å². The molecule has 6 nitrogen and oxygen atoms in total. The number of nitrogens with one attached hydrogen (secondary N) is 1. The van der Waals surface area contributed by atoms with E-state index in [1.165, 1.54) is 0 Å². The molecule has 0 bridgehead atoms. The molecule has 27 heavy (non-hydrogen) atoms. The summed E-state index contributed by atoms with van der Waals surface area (Å²) in [6.45, 7) is 1.29. The number of halogens is 1. The number of fused-ring (bicyclic) bond motifs is 2. The second-order valence-electron chi connectivity index (χ2n) is 6.24. The van der Waals surface area contributed by atoms with Crippen molar-refractivity contribution in [3.63, 3.8) is 0 Å². The third-order valence-electron chi connectivity index (χ3n) is 4.34. The molecule has 2 heterocycles. The number of thiocarbonyl (C=S) groups is 1. The van der Waals surface area contributed by atoms with Crippen molar-refractivity contribution in [3.05, 3.63) is 52.5 Å². The van der Waals surface area contributed by atoms with Gasteiger partial charge in [-0.05, 0) is 48.1 Å². The SMILES string of the molecule is NC(=S)NN=C1C[C@H](c2ccc3c(c2)OCCCO3)Oc2ccc(Cl)cc21. The van der Waals surface area contributed by atoms with Crippen LogP contribution in [0.4, 0.5) is 0 Å². The second kappa shape index (κ2) is 7.62. The molecule has 140 valence electrons. The highest BCUT2D eigenvalue weighted by Crippen LogP contribution is 2.39. The van der Waals surface area contributed by atoms with E-state index in [0.29, 0.717) is 30.4 Å². The Labute approximate surface area is 167 Å². The van der Waals surface area contributed by atoms with Crippen LogP contribution in [0.25, 0.3) is 0 Å².